The molecule has 1 amide bonds. The molecule has 0 aromatic rings. The number of aliphatic carboxylic acids is 1. The van der Waals surface area contributed by atoms with Crippen LogP contribution in [0.2, 0.25) is 0 Å². The molecule has 1 aliphatic heterocycles. The van der Waals surface area contributed by atoms with E-state index in [-0.39, 0.29) is 11.8 Å². The molecule has 0 spiro atoms. The summed E-state index contributed by atoms with van der Waals surface area (Å²) in [5.74, 6) is -0.961. The van der Waals surface area contributed by atoms with Crippen molar-refractivity contribution in [2.75, 3.05) is 19.6 Å². The minimum atomic E-state index is -0.820. The Morgan fingerprint density at radius 2 is 2.17 bits per heavy atom. The fourth-order valence-corrected chi connectivity index (χ4v) is 2.55. The molecule has 0 aliphatic carbocycles. The summed E-state index contributed by atoms with van der Waals surface area (Å²) in [7, 11) is 0. The van der Waals surface area contributed by atoms with Gasteiger partial charge in [-0.3, -0.25) is 9.59 Å². The van der Waals surface area contributed by atoms with Crippen molar-refractivity contribution in [2.45, 2.75) is 39.5 Å². The minimum Gasteiger partial charge on any atom is -0.481 e. The molecule has 2 atom stereocenters. The number of likely N-dealkylation sites (tertiary alicyclic amines) is 1. The number of nitrogens with zero attached hydrogens (tertiary/aromatic N) is 1. The monoisotopic (exact) mass is 256 g/mol. The van der Waals surface area contributed by atoms with Gasteiger partial charge in [-0.05, 0) is 26.2 Å². The number of hydrogen-bond donors (Lipinski definition) is 2. The number of amides is 1. The molecule has 1 saturated heterocycles. The molecule has 5 heteroatoms. The van der Waals surface area contributed by atoms with Crippen LogP contribution in [-0.2, 0) is 9.59 Å². The Morgan fingerprint density at radius 1 is 1.50 bits per heavy atom. The van der Waals surface area contributed by atoms with Crippen molar-refractivity contribution in [1.82, 2.24) is 4.90 Å². The van der Waals surface area contributed by atoms with E-state index in [4.69, 9.17) is 5.73 Å². The molecule has 0 saturated carbocycles. The standard InChI is InChI=1S/C13H24N2O3/c1-3-5-10(8-14)11(16)15-7-4-6-13(2,9-15)12(17)18/h10H,3-9,14H2,1-2H3,(H,17,18). The first-order valence-electron chi connectivity index (χ1n) is 6.67. The Hall–Kier alpha value is -1.10. The van der Waals surface area contributed by atoms with Crippen LogP contribution in [0.4, 0.5) is 0 Å². The Balaban J connectivity index is 2.71. The molecule has 104 valence electrons. The lowest BCUT2D eigenvalue weighted by atomic mass is 9.81. The Kier molecular flexibility index (Phi) is 5.14. The Bertz CT molecular complexity index is 319. The van der Waals surface area contributed by atoms with E-state index in [1.54, 1.807) is 11.8 Å². The number of carboxylic acid groups (broad SMARTS) is 1. The van der Waals surface area contributed by atoms with Crippen molar-refractivity contribution < 1.29 is 14.7 Å². The number of nitrogens with two attached hydrogens (primary N) is 1. The van der Waals surface area contributed by atoms with Gasteiger partial charge < -0.3 is 15.7 Å². The molecular weight excluding hydrogens is 232 g/mol. The highest BCUT2D eigenvalue weighted by Crippen LogP contribution is 2.30. The SMILES string of the molecule is CCCC(CN)C(=O)N1CCCC(C)(C(=O)O)C1. The molecule has 5 nitrogen and oxygen atoms in total. The molecule has 0 bridgehead atoms. The summed E-state index contributed by atoms with van der Waals surface area (Å²) >= 11 is 0. The second kappa shape index (κ2) is 6.18. The van der Waals surface area contributed by atoms with Crippen LogP contribution in [0.5, 0.6) is 0 Å². The summed E-state index contributed by atoms with van der Waals surface area (Å²) in [5.41, 5.74) is 4.82. The molecule has 1 aliphatic rings. The van der Waals surface area contributed by atoms with Crippen molar-refractivity contribution in [2.24, 2.45) is 17.1 Å². The van der Waals surface area contributed by atoms with Gasteiger partial charge in [0.1, 0.15) is 0 Å². The lowest BCUT2D eigenvalue weighted by molar-refractivity contribution is -0.154. The van der Waals surface area contributed by atoms with E-state index in [1.165, 1.54) is 0 Å². The van der Waals surface area contributed by atoms with E-state index >= 15 is 0 Å². The largest absolute Gasteiger partial charge is 0.481 e. The van der Waals surface area contributed by atoms with Crippen molar-refractivity contribution >= 4 is 11.9 Å². The third-order valence-corrected chi connectivity index (χ3v) is 3.80. The van der Waals surface area contributed by atoms with Crippen LogP contribution >= 0.6 is 0 Å². The molecule has 0 radical (unpaired) electrons. The lowest BCUT2D eigenvalue weighted by Gasteiger charge is -2.38. The maximum atomic E-state index is 12.3. The fourth-order valence-electron chi connectivity index (χ4n) is 2.55. The maximum absolute atomic E-state index is 12.3. The first-order valence-corrected chi connectivity index (χ1v) is 6.67. The minimum absolute atomic E-state index is 0.0199. The van der Waals surface area contributed by atoms with E-state index in [0.29, 0.717) is 26.1 Å². The van der Waals surface area contributed by atoms with Gasteiger partial charge in [0.15, 0.2) is 0 Å². The highest BCUT2D eigenvalue weighted by molar-refractivity contribution is 5.81. The average molecular weight is 256 g/mol. The van der Waals surface area contributed by atoms with Crippen molar-refractivity contribution in [1.29, 1.82) is 0 Å². The van der Waals surface area contributed by atoms with Crippen LogP contribution < -0.4 is 5.73 Å². The normalized spacial score (nSPS) is 25.8. The molecule has 18 heavy (non-hydrogen) atoms. The quantitative estimate of drug-likeness (QED) is 0.771. The maximum Gasteiger partial charge on any atom is 0.311 e. The van der Waals surface area contributed by atoms with Gasteiger partial charge in [-0.2, -0.15) is 0 Å². The van der Waals surface area contributed by atoms with Gasteiger partial charge in [-0.15, -0.1) is 0 Å². The number of rotatable bonds is 5. The number of hydrogen-bond acceptors (Lipinski definition) is 3. The predicted molar refractivity (Wildman–Crippen MR) is 69.0 cm³/mol. The molecule has 1 rings (SSSR count). The highest BCUT2D eigenvalue weighted by atomic mass is 16.4. The second-order valence-corrected chi connectivity index (χ2v) is 5.45. The van der Waals surface area contributed by atoms with Crippen LogP contribution in [0.3, 0.4) is 0 Å². The third-order valence-electron chi connectivity index (χ3n) is 3.80. The summed E-state index contributed by atoms with van der Waals surface area (Å²) in [5, 5.41) is 9.23. The summed E-state index contributed by atoms with van der Waals surface area (Å²) in [6.07, 6.45) is 3.07. The first kappa shape index (κ1) is 15.0. The smallest absolute Gasteiger partial charge is 0.311 e. The summed E-state index contributed by atoms with van der Waals surface area (Å²) in [4.78, 5) is 25.2. The van der Waals surface area contributed by atoms with Gasteiger partial charge in [-0.25, -0.2) is 0 Å². The molecule has 1 fully saturated rings. The van der Waals surface area contributed by atoms with Crippen LogP contribution in [0.15, 0.2) is 0 Å². The van der Waals surface area contributed by atoms with Crippen molar-refractivity contribution in [3.63, 3.8) is 0 Å². The molecule has 0 aromatic heterocycles. The molecule has 0 aromatic carbocycles. The van der Waals surface area contributed by atoms with E-state index in [0.717, 1.165) is 19.3 Å². The van der Waals surface area contributed by atoms with Gasteiger partial charge in [0.25, 0.3) is 0 Å². The van der Waals surface area contributed by atoms with Gasteiger partial charge in [0.05, 0.1) is 11.3 Å². The van der Waals surface area contributed by atoms with Gasteiger partial charge in [-0.1, -0.05) is 13.3 Å². The second-order valence-electron chi connectivity index (χ2n) is 5.45. The molecular formula is C13H24N2O3. The first-order chi connectivity index (χ1) is 8.44. The van der Waals surface area contributed by atoms with E-state index in [9.17, 15) is 14.7 Å². The Morgan fingerprint density at radius 3 is 2.67 bits per heavy atom. The fraction of sp³-hybridized carbons (Fsp3) is 0.846. The van der Waals surface area contributed by atoms with E-state index in [2.05, 4.69) is 0 Å². The number of piperidine rings is 1. The number of carboxylic acids is 1. The highest BCUT2D eigenvalue weighted by Gasteiger charge is 2.40. The topological polar surface area (TPSA) is 83.6 Å². The predicted octanol–water partition coefficient (Wildman–Crippen LogP) is 1.07. The number of carbonyl (C=O) groups is 2. The van der Waals surface area contributed by atoms with Crippen LogP contribution in [0.25, 0.3) is 0 Å². The molecule has 2 unspecified atom stereocenters. The lowest BCUT2D eigenvalue weighted by Crippen LogP contribution is -2.50. The van der Waals surface area contributed by atoms with Crippen LogP contribution in [0.1, 0.15) is 39.5 Å². The molecule has 3 N–H and O–H groups in total. The van der Waals surface area contributed by atoms with E-state index in [1.807, 2.05) is 6.92 Å². The summed E-state index contributed by atoms with van der Waals surface area (Å²) in [6, 6.07) is 0. The Labute approximate surface area is 108 Å². The van der Waals surface area contributed by atoms with Crippen molar-refractivity contribution in [3.05, 3.63) is 0 Å². The zero-order valence-corrected chi connectivity index (χ0v) is 11.3. The summed E-state index contributed by atoms with van der Waals surface area (Å²) in [6.45, 7) is 5.04. The van der Waals surface area contributed by atoms with Crippen LogP contribution in [0, 0.1) is 11.3 Å². The van der Waals surface area contributed by atoms with E-state index < -0.39 is 11.4 Å². The zero-order valence-electron chi connectivity index (χ0n) is 11.3. The van der Waals surface area contributed by atoms with Gasteiger partial charge in [0, 0.05) is 19.6 Å². The van der Waals surface area contributed by atoms with Crippen molar-refractivity contribution in [3.8, 4) is 0 Å². The molecule has 1 heterocycles. The number of carbonyl (C=O) groups excluding carboxylic acids is 1. The van der Waals surface area contributed by atoms with Gasteiger partial charge in [0.2, 0.25) is 5.91 Å². The zero-order chi connectivity index (χ0) is 13.8. The third kappa shape index (κ3) is 3.22. The summed E-state index contributed by atoms with van der Waals surface area (Å²) < 4.78 is 0. The average Bonchev–Trinajstić information content (AvgIpc) is 2.35. The van der Waals surface area contributed by atoms with Crippen LogP contribution in [-0.4, -0.2) is 41.5 Å². The van der Waals surface area contributed by atoms with Gasteiger partial charge >= 0.3 is 5.97 Å².